The molecule has 20 heavy (non-hydrogen) atoms. The minimum atomic E-state index is -0.338. The van der Waals surface area contributed by atoms with Gasteiger partial charge in [-0.25, -0.2) is 4.79 Å². The van der Waals surface area contributed by atoms with Crippen molar-refractivity contribution in [2.45, 2.75) is 10.8 Å². The number of rotatable bonds is 4. The Morgan fingerprint density at radius 2 is 2.05 bits per heavy atom. The molecule has 0 amide bonds. The molecule has 1 heterocycles. The van der Waals surface area contributed by atoms with Crippen LogP contribution in [0, 0.1) is 0 Å². The Labute approximate surface area is 131 Å². The van der Waals surface area contributed by atoms with E-state index >= 15 is 0 Å². The predicted molar refractivity (Wildman–Crippen MR) is 85.8 cm³/mol. The summed E-state index contributed by atoms with van der Waals surface area (Å²) in [6.45, 7) is 0.377. The van der Waals surface area contributed by atoms with Crippen molar-refractivity contribution in [3.63, 3.8) is 0 Å². The molecule has 0 atom stereocenters. The highest BCUT2D eigenvalue weighted by atomic mass is 35.5. The van der Waals surface area contributed by atoms with Crippen molar-refractivity contribution in [3.05, 3.63) is 39.7 Å². The molecule has 0 aliphatic carbocycles. The van der Waals surface area contributed by atoms with Gasteiger partial charge in [-0.1, -0.05) is 23.7 Å². The first-order valence-electron chi connectivity index (χ1n) is 5.86. The van der Waals surface area contributed by atoms with Crippen LogP contribution in [-0.4, -0.2) is 19.3 Å². The summed E-state index contributed by atoms with van der Waals surface area (Å²) in [6.07, 6.45) is 1.97. The van der Waals surface area contributed by atoms with Crippen LogP contribution in [0.4, 0.5) is 0 Å². The molecule has 106 valence electrons. The number of carbonyl (C=O) groups is 1. The molecule has 3 nitrogen and oxygen atoms in total. The molecule has 0 fully saturated rings. The Hall–Kier alpha value is -1.01. The zero-order valence-corrected chi connectivity index (χ0v) is 13.5. The largest absolute Gasteiger partial charge is 0.465 e. The summed E-state index contributed by atoms with van der Waals surface area (Å²) in [7, 11) is 1.38. The number of halogens is 1. The molecule has 2 aromatic rings. The molecule has 0 bridgehead atoms. The molecule has 1 aromatic heterocycles. The van der Waals surface area contributed by atoms with Gasteiger partial charge in [0.05, 0.1) is 11.3 Å². The first-order valence-corrected chi connectivity index (χ1v) is 8.28. The Morgan fingerprint density at radius 3 is 2.55 bits per heavy atom. The highest BCUT2D eigenvalue weighted by molar-refractivity contribution is 8.00. The number of thioether (sulfide) groups is 1. The molecule has 0 unspecified atom stereocenters. The van der Waals surface area contributed by atoms with Crippen molar-refractivity contribution in [3.8, 4) is 11.1 Å². The zero-order chi connectivity index (χ0) is 14.7. The summed E-state index contributed by atoms with van der Waals surface area (Å²) in [5.74, 6) is -0.338. The number of hydrogen-bond acceptors (Lipinski definition) is 5. The number of esters is 1. The molecule has 0 aliphatic rings. The van der Waals surface area contributed by atoms with Gasteiger partial charge in [0.15, 0.2) is 0 Å². The maximum atomic E-state index is 12.0. The van der Waals surface area contributed by atoms with Crippen LogP contribution in [0.3, 0.4) is 0 Å². The zero-order valence-electron chi connectivity index (χ0n) is 11.1. The molecule has 0 aliphatic heterocycles. The molecule has 0 saturated heterocycles. The molecule has 2 rings (SSSR count). The number of benzene rings is 1. The molecule has 6 heteroatoms. The highest BCUT2D eigenvalue weighted by Gasteiger charge is 2.23. The van der Waals surface area contributed by atoms with Crippen molar-refractivity contribution in [2.75, 3.05) is 13.4 Å². The van der Waals surface area contributed by atoms with Gasteiger partial charge in [-0.15, -0.1) is 23.1 Å². The van der Waals surface area contributed by atoms with Crippen LogP contribution >= 0.6 is 34.7 Å². The molecule has 0 radical (unpaired) electrons. The number of hydrogen-bond donors (Lipinski definition) is 1. The van der Waals surface area contributed by atoms with Gasteiger partial charge in [0.1, 0.15) is 4.88 Å². The number of ether oxygens (including phenoxy) is 1. The van der Waals surface area contributed by atoms with Crippen LogP contribution < -0.4 is 5.73 Å². The first kappa shape index (κ1) is 15.4. The minimum absolute atomic E-state index is 0.338. The summed E-state index contributed by atoms with van der Waals surface area (Å²) in [5.41, 5.74) is 8.62. The van der Waals surface area contributed by atoms with E-state index < -0.39 is 0 Å². The molecular formula is C14H14ClNO2S2. The van der Waals surface area contributed by atoms with Gasteiger partial charge in [-0.3, -0.25) is 0 Å². The van der Waals surface area contributed by atoms with E-state index in [0.29, 0.717) is 16.4 Å². The van der Waals surface area contributed by atoms with E-state index in [1.54, 1.807) is 23.9 Å². The molecule has 1 aromatic carbocycles. The third-order valence-electron chi connectivity index (χ3n) is 2.86. The summed E-state index contributed by atoms with van der Waals surface area (Å²) in [6, 6.07) is 7.38. The lowest BCUT2D eigenvalue weighted by Gasteiger charge is -2.06. The second-order valence-corrected chi connectivity index (χ2v) is 6.51. The standard InChI is InChI=1S/C14H14ClNO2S2/c1-18-13(17)12-11(8-3-5-9(15)6-4-8)10(7-16)14(19-2)20-12/h3-6H,7,16H2,1-2H3. The maximum absolute atomic E-state index is 12.0. The van der Waals surface area contributed by atoms with Crippen LogP contribution in [0.2, 0.25) is 5.02 Å². The summed E-state index contributed by atoms with van der Waals surface area (Å²) in [4.78, 5) is 12.6. The minimum Gasteiger partial charge on any atom is -0.465 e. The molecule has 2 N–H and O–H groups in total. The number of methoxy groups -OCH3 is 1. The van der Waals surface area contributed by atoms with Crippen molar-refractivity contribution in [1.29, 1.82) is 0 Å². The smallest absolute Gasteiger partial charge is 0.348 e. The van der Waals surface area contributed by atoms with E-state index in [9.17, 15) is 4.79 Å². The quantitative estimate of drug-likeness (QED) is 0.680. The number of thiophene rings is 1. The Balaban J connectivity index is 2.67. The molecule has 0 saturated carbocycles. The van der Waals surface area contributed by atoms with E-state index in [0.717, 1.165) is 20.9 Å². The lowest BCUT2D eigenvalue weighted by atomic mass is 10.0. The second kappa shape index (κ2) is 6.63. The van der Waals surface area contributed by atoms with Crippen molar-refractivity contribution >= 4 is 40.7 Å². The van der Waals surface area contributed by atoms with E-state index in [1.807, 2.05) is 18.4 Å². The monoisotopic (exact) mass is 327 g/mol. The van der Waals surface area contributed by atoms with E-state index in [2.05, 4.69) is 0 Å². The molecule has 0 spiro atoms. The maximum Gasteiger partial charge on any atom is 0.348 e. The van der Waals surface area contributed by atoms with Crippen molar-refractivity contribution in [2.24, 2.45) is 5.73 Å². The summed E-state index contributed by atoms with van der Waals surface area (Å²) < 4.78 is 5.91. The van der Waals surface area contributed by atoms with Gasteiger partial charge in [0.25, 0.3) is 0 Å². The fourth-order valence-electron chi connectivity index (χ4n) is 1.95. The van der Waals surface area contributed by atoms with E-state index in [4.69, 9.17) is 22.1 Å². The van der Waals surface area contributed by atoms with Gasteiger partial charge in [-0.2, -0.15) is 0 Å². The first-order chi connectivity index (χ1) is 9.62. The van der Waals surface area contributed by atoms with E-state index in [1.165, 1.54) is 18.4 Å². The average molecular weight is 328 g/mol. The van der Waals surface area contributed by atoms with Crippen LogP contribution in [-0.2, 0) is 11.3 Å². The number of carbonyl (C=O) groups excluding carboxylic acids is 1. The fourth-order valence-corrected chi connectivity index (χ4v) is 4.10. The summed E-state index contributed by atoms with van der Waals surface area (Å²) in [5, 5.41) is 0.656. The van der Waals surface area contributed by atoms with Crippen molar-refractivity contribution in [1.82, 2.24) is 0 Å². The Bertz CT molecular complexity index is 623. The third kappa shape index (κ3) is 2.86. The predicted octanol–water partition coefficient (Wildman–Crippen LogP) is 4.04. The van der Waals surface area contributed by atoms with Gasteiger partial charge in [-0.05, 0) is 29.5 Å². The van der Waals surface area contributed by atoms with E-state index in [-0.39, 0.29) is 5.97 Å². The van der Waals surface area contributed by atoms with Crippen LogP contribution in [0.5, 0.6) is 0 Å². The van der Waals surface area contributed by atoms with Gasteiger partial charge in [0.2, 0.25) is 0 Å². The fraction of sp³-hybridized carbons (Fsp3) is 0.214. The van der Waals surface area contributed by atoms with Gasteiger partial charge in [0, 0.05) is 17.1 Å². The summed E-state index contributed by atoms with van der Waals surface area (Å²) >= 11 is 8.92. The van der Waals surface area contributed by atoms with Crippen LogP contribution in [0.1, 0.15) is 15.2 Å². The lowest BCUT2D eigenvalue weighted by Crippen LogP contribution is -2.03. The normalized spacial score (nSPS) is 10.6. The second-order valence-electron chi connectivity index (χ2n) is 3.98. The lowest BCUT2D eigenvalue weighted by molar-refractivity contribution is 0.0607. The van der Waals surface area contributed by atoms with Crippen LogP contribution in [0.15, 0.2) is 28.5 Å². The highest BCUT2D eigenvalue weighted by Crippen LogP contribution is 2.41. The average Bonchev–Trinajstić information content (AvgIpc) is 2.85. The van der Waals surface area contributed by atoms with Gasteiger partial charge >= 0.3 is 5.97 Å². The topological polar surface area (TPSA) is 52.3 Å². The number of nitrogens with two attached hydrogens (primary N) is 1. The molecular weight excluding hydrogens is 314 g/mol. The van der Waals surface area contributed by atoms with Crippen molar-refractivity contribution < 1.29 is 9.53 Å². The Morgan fingerprint density at radius 1 is 1.40 bits per heavy atom. The SMILES string of the molecule is COC(=O)c1sc(SC)c(CN)c1-c1ccc(Cl)cc1. The third-order valence-corrected chi connectivity index (χ3v) is 5.49. The van der Waals surface area contributed by atoms with Gasteiger partial charge < -0.3 is 10.5 Å². The van der Waals surface area contributed by atoms with Crippen LogP contribution in [0.25, 0.3) is 11.1 Å². The Kier molecular flexibility index (Phi) is 5.10.